The van der Waals surface area contributed by atoms with Crippen LogP contribution in [0.5, 0.6) is 11.5 Å². The van der Waals surface area contributed by atoms with Gasteiger partial charge in [0.1, 0.15) is 45.8 Å². The Morgan fingerprint density at radius 3 is 2.38 bits per heavy atom. The van der Waals surface area contributed by atoms with E-state index in [0.717, 1.165) is 0 Å². The van der Waals surface area contributed by atoms with Gasteiger partial charge in [-0.05, 0) is 57.6 Å². The Hall–Kier alpha value is -5.27. The van der Waals surface area contributed by atoms with E-state index in [1.807, 2.05) is 20.8 Å². The molecule has 4 amide bonds. The molecule has 3 fully saturated rings. The molecule has 7 rings (SSSR count). The molecule has 4 heterocycles. The standard InChI is InChI=1S/C45H55ClN6O11S2/c1-11-23-19-45(23,41(57)51-65(58,59)25-12-13-25)50-39(55)29-16-24(20-52(29)40(56)26(43(4,5)6)17-33(53)63-44(7,8)9)61-32-18-27(28-21-64-42(48-28)49-38(54)22(2)3)47-36-34-30(62-37(32)36)14-15-31(60-10)35(34)46/h11,14-15,18,21-26,29H,1,12-13,16-17,19-20H2,2-10H3,(H,50,55)(H,51,57)(H,48,49,54)/t23-,24-,26-,29+,45-/m1/s1. The fourth-order valence-electron chi connectivity index (χ4n) is 7.90. The second kappa shape index (κ2) is 17.5. The highest BCUT2D eigenvalue weighted by molar-refractivity contribution is 7.91. The molecule has 2 saturated carbocycles. The summed E-state index contributed by atoms with van der Waals surface area (Å²) in [5.41, 5.74) is -1.64. The van der Waals surface area contributed by atoms with Crippen LogP contribution in [-0.4, -0.2) is 95.1 Å². The highest BCUT2D eigenvalue weighted by Crippen LogP contribution is 2.47. The zero-order valence-corrected chi connectivity index (χ0v) is 40.2. The van der Waals surface area contributed by atoms with Crippen molar-refractivity contribution < 1.29 is 51.0 Å². The average molecular weight is 956 g/mol. The fourth-order valence-corrected chi connectivity index (χ4v) is 10.3. The maximum absolute atomic E-state index is 14.9. The molecule has 0 bridgehead atoms. The zero-order chi connectivity index (χ0) is 47.6. The lowest BCUT2D eigenvalue weighted by atomic mass is 9.77. The van der Waals surface area contributed by atoms with Gasteiger partial charge in [-0.15, -0.1) is 17.9 Å². The third-order valence-electron chi connectivity index (χ3n) is 11.7. The van der Waals surface area contributed by atoms with Crippen LogP contribution in [0.25, 0.3) is 33.5 Å². The van der Waals surface area contributed by atoms with E-state index in [4.69, 9.17) is 35.2 Å². The zero-order valence-electron chi connectivity index (χ0n) is 37.8. The van der Waals surface area contributed by atoms with Crippen LogP contribution in [0.2, 0.25) is 5.02 Å². The Morgan fingerprint density at radius 2 is 1.78 bits per heavy atom. The van der Waals surface area contributed by atoms with E-state index in [-0.39, 0.29) is 54.0 Å². The molecule has 20 heteroatoms. The lowest BCUT2D eigenvalue weighted by Gasteiger charge is -2.35. The van der Waals surface area contributed by atoms with Gasteiger partial charge in [0.05, 0.1) is 47.3 Å². The molecule has 350 valence electrons. The fraction of sp³-hybridized carbons (Fsp3) is 0.533. The number of hydrogen-bond donors (Lipinski definition) is 3. The van der Waals surface area contributed by atoms with E-state index >= 15 is 0 Å². The van der Waals surface area contributed by atoms with Crippen LogP contribution in [0, 0.1) is 23.2 Å². The Balaban J connectivity index is 1.27. The number of esters is 1. The van der Waals surface area contributed by atoms with E-state index in [1.165, 1.54) is 29.4 Å². The normalized spacial score (nSPS) is 21.5. The number of benzene rings is 1. The Kier molecular flexibility index (Phi) is 12.8. The summed E-state index contributed by atoms with van der Waals surface area (Å²) in [5.74, 6) is -4.24. The number of thiazole rings is 1. The number of fused-ring (bicyclic) bond motifs is 3. The molecular formula is C45H55ClN6O11S2. The molecule has 4 aromatic rings. The average Bonchev–Trinajstić information content (AvgIpc) is 4.04. The number of methoxy groups -OCH3 is 1. The van der Waals surface area contributed by atoms with Gasteiger partial charge in [0.15, 0.2) is 16.5 Å². The molecule has 17 nitrogen and oxygen atoms in total. The lowest BCUT2D eigenvalue weighted by molar-refractivity contribution is -0.161. The maximum atomic E-state index is 14.9. The van der Waals surface area contributed by atoms with Crippen molar-refractivity contribution in [1.82, 2.24) is 24.9 Å². The molecule has 3 aromatic heterocycles. The number of likely N-dealkylation sites (tertiary alicyclic amines) is 1. The number of pyridine rings is 1. The highest BCUT2D eigenvalue weighted by Gasteiger charge is 2.62. The number of carbonyl (C=O) groups is 5. The van der Waals surface area contributed by atoms with Gasteiger partial charge in [0, 0.05) is 29.7 Å². The predicted molar refractivity (Wildman–Crippen MR) is 245 cm³/mol. The molecule has 3 N–H and O–H groups in total. The Labute approximate surface area is 386 Å². The topological polar surface area (TPSA) is 225 Å². The number of nitrogens with one attached hydrogen (secondary N) is 3. The van der Waals surface area contributed by atoms with Gasteiger partial charge in [0.2, 0.25) is 27.7 Å². The first-order chi connectivity index (χ1) is 30.3. The van der Waals surface area contributed by atoms with Crippen LogP contribution in [0.1, 0.15) is 87.5 Å². The number of halogens is 1. The molecule has 0 radical (unpaired) electrons. The summed E-state index contributed by atoms with van der Waals surface area (Å²) >= 11 is 8.06. The van der Waals surface area contributed by atoms with Crippen molar-refractivity contribution in [2.75, 3.05) is 19.0 Å². The van der Waals surface area contributed by atoms with Crippen molar-refractivity contribution in [3.8, 4) is 22.9 Å². The number of amides is 4. The van der Waals surface area contributed by atoms with Crippen molar-refractivity contribution in [3.05, 3.63) is 41.3 Å². The molecule has 0 unspecified atom stereocenters. The molecule has 1 aliphatic heterocycles. The van der Waals surface area contributed by atoms with Crippen LogP contribution in [-0.2, 0) is 38.7 Å². The van der Waals surface area contributed by atoms with Crippen LogP contribution in [0.15, 0.2) is 40.7 Å². The monoisotopic (exact) mass is 954 g/mol. The van der Waals surface area contributed by atoms with E-state index in [9.17, 15) is 32.4 Å². The number of sulfonamides is 1. The first kappa shape index (κ1) is 47.7. The van der Waals surface area contributed by atoms with Crippen molar-refractivity contribution in [3.63, 3.8) is 0 Å². The summed E-state index contributed by atoms with van der Waals surface area (Å²) in [6.45, 7) is 17.8. The first-order valence-corrected chi connectivity index (χ1v) is 24.2. The summed E-state index contributed by atoms with van der Waals surface area (Å²) < 4.78 is 52.1. The number of furan rings is 1. The van der Waals surface area contributed by atoms with Crippen molar-refractivity contribution in [2.24, 2.45) is 23.2 Å². The number of ether oxygens (including phenoxy) is 3. The second-order valence-electron chi connectivity index (χ2n) is 19.3. The summed E-state index contributed by atoms with van der Waals surface area (Å²) in [6, 6.07) is 3.69. The number of anilines is 1. The van der Waals surface area contributed by atoms with Crippen molar-refractivity contribution in [1.29, 1.82) is 0 Å². The van der Waals surface area contributed by atoms with Gasteiger partial charge in [-0.1, -0.05) is 52.3 Å². The highest BCUT2D eigenvalue weighted by atomic mass is 35.5. The molecule has 2 aliphatic carbocycles. The smallest absolute Gasteiger partial charge is 0.307 e. The number of aromatic nitrogens is 2. The van der Waals surface area contributed by atoms with Gasteiger partial charge >= 0.3 is 5.97 Å². The number of carbonyl (C=O) groups excluding carboxylic acids is 5. The van der Waals surface area contributed by atoms with Crippen molar-refractivity contribution >= 4 is 89.8 Å². The van der Waals surface area contributed by atoms with Gasteiger partial charge in [-0.2, -0.15) is 0 Å². The quantitative estimate of drug-likeness (QED) is 0.0827. The summed E-state index contributed by atoms with van der Waals surface area (Å²) in [7, 11) is -2.49. The largest absolute Gasteiger partial charge is 0.495 e. The molecule has 3 aliphatic rings. The molecule has 0 spiro atoms. The Bertz CT molecular complexity index is 2700. The van der Waals surface area contributed by atoms with Crippen LogP contribution >= 0.6 is 22.9 Å². The summed E-state index contributed by atoms with van der Waals surface area (Å²) in [5, 5.41) is 7.67. The van der Waals surface area contributed by atoms with Gasteiger partial charge in [-0.3, -0.25) is 28.7 Å². The minimum Gasteiger partial charge on any atom is -0.495 e. The van der Waals surface area contributed by atoms with Crippen LogP contribution < -0.4 is 24.8 Å². The van der Waals surface area contributed by atoms with E-state index in [1.54, 1.807) is 58.2 Å². The third kappa shape index (κ3) is 9.96. The summed E-state index contributed by atoms with van der Waals surface area (Å²) in [6.07, 6.45) is 1.15. The summed E-state index contributed by atoms with van der Waals surface area (Å²) in [4.78, 5) is 80.0. The SMILES string of the molecule is C=C[C@@H]1C[C@]1(NC(=O)[C@@H]1C[C@@H](Oc2cc(-c3csc(NC(=O)C(C)C)n3)nc3c2oc2ccc(OC)c(Cl)c23)CN1C(=O)[C@@H](CC(=O)OC(C)(C)C)C(C)(C)C)C(=O)NS(=O)(=O)C1CC1. The number of nitrogens with zero attached hydrogens (tertiary/aromatic N) is 3. The van der Waals surface area contributed by atoms with E-state index in [0.29, 0.717) is 51.6 Å². The Morgan fingerprint density at radius 1 is 1.08 bits per heavy atom. The van der Waals surface area contributed by atoms with Crippen molar-refractivity contribution in [2.45, 2.75) is 116 Å². The van der Waals surface area contributed by atoms with Crippen LogP contribution in [0.4, 0.5) is 5.13 Å². The van der Waals surface area contributed by atoms with E-state index < -0.39 is 79.5 Å². The lowest BCUT2D eigenvalue weighted by Crippen LogP contribution is -2.57. The predicted octanol–water partition coefficient (Wildman–Crippen LogP) is 6.77. The molecule has 1 aromatic carbocycles. The van der Waals surface area contributed by atoms with E-state index in [2.05, 4.69) is 26.9 Å². The minimum absolute atomic E-state index is 0.0895. The van der Waals surface area contributed by atoms with Gasteiger partial charge in [-0.25, -0.2) is 18.4 Å². The minimum atomic E-state index is -3.97. The molecule has 1 saturated heterocycles. The van der Waals surface area contributed by atoms with Gasteiger partial charge in [0.25, 0.3) is 5.91 Å². The third-order valence-corrected chi connectivity index (χ3v) is 14.7. The first-order valence-electron chi connectivity index (χ1n) is 21.4. The molecule has 5 atom stereocenters. The van der Waals surface area contributed by atoms with Crippen LogP contribution in [0.3, 0.4) is 0 Å². The number of rotatable bonds is 15. The second-order valence-corrected chi connectivity index (χ2v) is 22.5. The maximum Gasteiger partial charge on any atom is 0.307 e. The number of hydrogen-bond acceptors (Lipinski definition) is 14. The molecule has 65 heavy (non-hydrogen) atoms. The molecular weight excluding hydrogens is 900 g/mol. The van der Waals surface area contributed by atoms with Gasteiger partial charge < -0.3 is 34.2 Å².